The molecule has 0 saturated carbocycles. The van der Waals surface area contributed by atoms with Crippen LogP contribution >= 0.6 is 15.6 Å². The van der Waals surface area contributed by atoms with E-state index in [9.17, 15) is 43.2 Å². The third-order valence-corrected chi connectivity index (χ3v) is 17.9. The zero-order chi connectivity index (χ0) is 76.0. The Bertz CT molecular complexity index is 2590. The minimum atomic E-state index is -5.00. The fraction of sp³-hybridized carbons (Fsp3) is 0.647. The van der Waals surface area contributed by atoms with E-state index < -0.39 is 97.5 Å². The highest BCUT2D eigenvalue weighted by molar-refractivity contribution is 7.47. The Hall–Kier alpha value is -5.32. The lowest BCUT2D eigenvalue weighted by molar-refractivity contribution is -0.161. The number of hydrogen-bond donors (Lipinski definition) is 3. The molecule has 0 amide bonds. The van der Waals surface area contributed by atoms with Gasteiger partial charge < -0.3 is 33.8 Å². The van der Waals surface area contributed by atoms with E-state index in [1.54, 1.807) is 0 Å². The number of ether oxygens (including phenoxy) is 4. The number of aliphatic hydroxyl groups is 1. The van der Waals surface area contributed by atoms with Crippen LogP contribution < -0.4 is 0 Å². The molecule has 0 saturated heterocycles. The molecule has 0 aromatic carbocycles. The molecule has 0 rings (SSSR count). The quantitative estimate of drug-likeness (QED) is 0.0169. The molecule has 0 bridgehead atoms. The maximum Gasteiger partial charge on any atom is 0.472 e. The molecule has 17 nitrogen and oxygen atoms in total. The third kappa shape index (κ3) is 74.9. The van der Waals surface area contributed by atoms with Gasteiger partial charge in [0.1, 0.15) is 19.3 Å². The van der Waals surface area contributed by atoms with Crippen molar-refractivity contribution in [2.24, 2.45) is 0 Å². The number of hydrogen-bond acceptors (Lipinski definition) is 15. The van der Waals surface area contributed by atoms with Crippen LogP contribution in [0.4, 0.5) is 0 Å². The van der Waals surface area contributed by atoms with Crippen molar-refractivity contribution in [2.75, 3.05) is 39.6 Å². The molecule has 0 heterocycles. The van der Waals surface area contributed by atoms with Crippen molar-refractivity contribution < 1.29 is 80.2 Å². The molecule has 5 atom stereocenters. The van der Waals surface area contributed by atoms with Gasteiger partial charge in [0.2, 0.25) is 0 Å². The molecule has 104 heavy (non-hydrogen) atoms. The topological polar surface area (TPSA) is 237 Å². The zero-order valence-electron chi connectivity index (χ0n) is 64.6. The van der Waals surface area contributed by atoms with Crippen LogP contribution in [-0.4, -0.2) is 96.7 Å². The van der Waals surface area contributed by atoms with Gasteiger partial charge in [0.15, 0.2) is 12.2 Å². The number of unbranched alkanes of at least 4 members (excludes halogenated alkanes) is 21. The van der Waals surface area contributed by atoms with Crippen LogP contribution in [0, 0.1) is 0 Å². The van der Waals surface area contributed by atoms with Crippen LogP contribution in [0.15, 0.2) is 158 Å². The van der Waals surface area contributed by atoms with Crippen LogP contribution in [-0.2, 0) is 65.4 Å². The van der Waals surface area contributed by atoms with E-state index in [1.807, 2.05) is 0 Å². The van der Waals surface area contributed by atoms with Crippen molar-refractivity contribution in [3.05, 3.63) is 158 Å². The molecule has 5 unspecified atom stereocenters. The number of carbonyl (C=O) groups is 4. The van der Waals surface area contributed by atoms with Crippen molar-refractivity contribution >= 4 is 39.5 Å². The van der Waals surface area contributed by atoms with E-state index in [-0.39, 0.29) is 25.7 Å². The molecule has 0 aromatic rings. The van der Waals surface area contributed by atoms with Crippen LogP contribution in [0.25, 0.3) is 0 Å². The van der Waals surface area contributed by atoms with E-state index in [0.717, 1.165) is 199 Å². The summed E-state index contributed by atoms with van der Waals surface area (Å²) in [6, 6.07) is 0. The summed E-state index contributed by atoms with van der Waals surface area (Å²) in [5.74, 6) is -2.27. The average Bonchev–Trinajstić information content (AvgIpc) is 0.926. The molecule has 19 heteroatoms. The van der Waals surface area contributed by atoms with Gasteiger partial charge in [-0.25, -0.2) is 9.13 Å². The maximum absolute atomic E-state index is 13.1. The van der Waals surface area contributed by atoms with Crippen LogP contribution in [0.5, 0.6) is 0 Å². The first kappa shape index (κ1) is 98.7. The van der Waals surface area contributed by atoms with Crippen LogP contribution in [0.3, 0.4) is 0 Å². The molecule has 0 aliphatic heterocycles. The predicted molar refractivity (Wildman–Crippen MR) is 427 cm³/mol. The molecule has 0 spiro atoms. The molecule has 0 aliphatic rings. The lowest BCUT2D eigenvalue weighted by atomic mass is 10.1. The number of carbonyl (C=O) groups excluding carboxylic acids is 4. The fourth-order valence-corrected chi connectivity index (χ4v) is 11.6. The second kappa shape index (κ2) is 75.9. The minimum Gasteiger partial charge on any atom is -0.462 e. The summed E-state index contributed by atoms with van der Waals surface area (Å²) >= 11 is 0. The number of phosphoric acid groups is 2. The van der Waals surface area contributed by atoms with Gasteiger partial charge in [-0.3, -0.25) is 37.3 Å². The summed E-state index contributed by atoms with van der Waals surface area (Å²) in [5.41, 5.74) is 0. The SMILES string of the molecule is CC/C=C\C/C=C\C/C=C\C/C=C\CCCCCCC(=O)OCC(COP(=O)(O)OCC(O)COP(=O)(O)OCC(COC(=O)CCCCCCC/C=C\C/C=C\C/C=C\CC)OC(=O)CCCCCCC/C=C\C/C=C\CCCCC)OC(=O)CCCCCC/C=C\C/C=C\C/C=C\C/C=C\CC. The highest BCUT2D eigenvalue weighted by atomic mass is 31.2. The van der Waals surface area contributed by atoms with Gasteiger partial charge in [-0.1, -0.05) is 263 Å². The standard InChI is InChI=1S/C85H140O17P2/c1-5-9-13-17-21-25-29-33-37-39-43-46-50-54-58-62-66-70-83(88)96-76-81(102-85(90)72-68-64-60-56-52-48-44-40-38-34-30-26-22-18-14-10-6-2)78-100-104(93,94)98-74-79(86)73-97-103(91,92)99-77-80(101-84(89)71-67-63-59-55-51-47-42-36-32-28-24-20-16-12-8-4)75-95-82(87)69-65-61-57-53-49-45-41-35-31-27-23-19-15-11-7-3/h9-11,13-15,21-28,33-38,41-44,46,48,79-81,86H,5-8,12,16-20,29-32,39-40,45,47,49-78H2,1-4H3,(H,91,92)(H,93,94)/b13-9-,14-10-,15-11-,25-21-,26-22-,27-23-,28-24-,37-33-,38-34-,41-35-,42-36-,46-43-,48-44-. The Balaban J connectivity index is 5.45. The Labute approximate surface area is 629 Å². The average molecular weight is 1500 g/mol. The van der Waals surface area contributed by atoms with Crippen LogP contribution in [0.2, 0.25) is 0 Å². The van der Waals surface area contributed by atoms with Gasteiger partial charge in [0.05, 0.1) is 26.4 Å². The fourth-order valence-electron chi connectivity index (χ4n) is 10.0. The van der Waals surface area contributed by atoms with Crippen molar-refractivity contribution in [3.8, 4) is 0 Å². The Morgan fingerprint density at radius 1 is 0.279 bits per heavy atom. The lowest BCUT2D eigenvalue weighted by Crippen LogP contribution is -2.30. The van der Waals surface area contributed by atoms with Gasteiger partial charge in [0.25, 0.3) is 0 Å². The highest BCUT2D eigenvalue weighted by Crippen LogP contribution is 2.45. The van der Waals surface area contributed by atoms with Gasteiger partial charge in [-0.05, 0) is 167 Å². The maximum atomic E-state index is 13.1. The van der Waals surface area contributed by atoms with Gasteiger partial charge >= 0.3 is 39.5 Å². The lowest BCUT2D eigenvalue weighted by Gasteiger charge is -2.21. The molecule has 3 N–H and O–H groups in total. The van der Waals surface area contributed by atoms with E-state index >= 15 is 0 Å². The number of allylic oxidation sites excluding steroid dienone is 26. The Kier molecular flexibility index (Phi) is 72.0. The van der Waals surface area contributed by atoms with Crippen molar-refractivity contribution in [2.45, 2.75) is 316 Å². The van der Waals surface area contributed by atoms with Gasteiger partial charge in [-0.15, -0.1) is 0 Å². The molecular weight excluding hydrogens is 1350 g/mol. The molecule has 0 fully saturated rings. The first-order valence-electron chi connectivity index (χ1n) is 39.7. The summed E-state index contributed by atoms with van der Waals surface area (Å²) in [6.07, 6.45) is 87.9. The van der Waals surface area contributed by atoms with Crippen molar-refractivity contribution in [3.63, 3.8) is 0 Å². The van der Waals surface area contributed by atoms with E-state index in [2.05, 4.69) is 186 Å². The number of aliphatic hydroxyl groups excluding tert-OH is 1. The second-order valence-electron chi connectivity index (χ2n) is 25.9. The Morgan fingerprint density at radius 3 is 0.769 bits per heavy atom. The summed E-state index contributed by atoms with van der Waals surface area (Å²) in [7, 11) is -9.99. The monoisotopic (exact) mass is 1490 g/mol. The molecular formula is C85H140O17P2. The van der Waals surface area contributed by atoms with Gasteiger partial charge in [0, 0.05) is 25.7 Å². The summed E-state index contributed by atoms with van der Waals surface area (Å²) < 4.78 is 68.6. The predicted octanol–water partition coefficient (Wildman–Crippen LogP) is 23.2. The summed E-state index contributed by atoms with van der Waals surface area (Å²) in [4.78, 5) is 73.0. The van der Waals surface area contributed by atoms with E-state index in [1.165, 1.54) is 19.3 Å². The first-order valence-corrected chi connectivity index (χ1v) is 42.7. The van der Waals surface area contributed by atoms with Crippen molar-refractivity contribution in [1.29, 1.82) is 0 Å². The normalized spacial score (nSPS) is 14.7. The molecule has 592 valence electrons. The highest BCUT2D eigenvalue weighted by Gasteiger charge is 2.30. The smallest absolute Gasteiger partial charge is 0.462 e. The first-order chi connectivity index (χ1) is 50.7. The molecule has 0 aliphatic carbocycles. The summed E-state index contributed by atoms with van der Waals surface area (Å²) in [6.45, 7) is 4.41. The molecule has 0 radical (unpaired) electrons. The third-order valence-electron chi connectivity index (χ3n) is 16.0. The zero-order valence-corrected chi connectivity index (χ0v) is 66.4. The second-order valence-corrected chi connectivity index (χ2v) is 28.8. The van der Waals surface area contributed by atoms with E-state index in [4.69, 9.17) is 37.0 Å². The number of esters is 4. The van der Waals surface area contributed by atoms with E-state index in [0.29, 0.717) is 25.7 Å². The Morgan fingerprint density at radius 2 is 0.500 bits per heavy atom. The van der Waals surface area contributed by atoms with Gasteiger partial charge in [-0.2, -0.15) is 0 Å². The van der Waals surface area contributed by atoms with Crippen molar-refractivity contribution in [1.82, 2.24) is 0 Å². The van der Waals surface area contributed by atoms with Crippen LogP contribution in [0.1, 0.15) is 297 Å². The minimum absolute atomic E-state index is 0.0553. The number of rotatable bonds is 73. The largest absolute Gasteiger partial charge is 0.472 e. The summed E-state index contributed by atoms with van der Waals surface area (Å²) in [5, 5.41) is 10.6. The number of phosphoric ester groups is 2. The molecule has 0 aromatic heterocycles.